The molecular weight excluding hydrogens is 426 g/mol. The molecule has 1 aliphatic rings. The molecule has 5 rings (SSSR count). The average Bonchev–Trinajstić information content (AvgIpc) is 3.29. The second kappa shape index (κ2) is 9.05. The van der Waals surface area contributed by atoms with Crippen LogP contribution in [0.15, 0.2) is 41.6 Å². The fourth-order valence-corrected chi connectivity index (χ4v) is 5.29. The fourth-order valence-electron chi connectivity index (χ4n) is 5.29. The molecule has 34 heavy (non-hydrogen) atoms. The van der Waals surface area contributed by atoms with Gasteiger partial charge in [-0.05, 0) is 61.1 Å². The van der Waals surface area contributed by atoms with Gasteiger partial charge in [0.2, 0.25) is 0 Å². The Labute approximate surface area is 198 Å². The summed E-state index contributed by atoms with van der Waals surface area (Å²) in [7, 11) is 0. The minimum absolute atomic E-state index is 0.0180. The molecule has 1 N–H and O–H groups in total. The maximum absolute atomic E-state index is 13.5. The number of amides is 1. The average molecular weight is 458 g/mol. The van der Waals surface area contributed by atoms with Gasteiger partial charge in [-0.25, -0.2) is 4.98 Å². The van der Waals surface area contributed by atoms with Gasteiger partial charge in [-0.2, -0.15) is 0 Å². The minimum Gasteiger partial charge on any atom is -0.334 e. The first-order valence-electron chi connectivity index (χ1n) is 12.3. The zero-order chi connectivity index (χ0) is 23.8. The largest absolute Gasteiger partial charge is 0.334 e. The molecule has 0 fully saturated rings. The van der Waals surface area contributed by atoms with Gasteiger partial charge < -0.3 is 9.88 Å². The van der Waals surface area contributed by atoms with Crippen LogP contribution in [0.4, 0.5) is 0 Å². The highest BCUT2D eigenvalue weighted by atomic mass is 16.2. The number of nitrogens with one attached hydrogen (secondary N) is 1. The van der Waals surface area contributed by atoms with Crippen molar-refractivity contribution in [1.82, 2.24) is 24.3 Å². The van der Waals surface area contributed by atoms with Gasteiger partial charge in [0, 0.05) is 37.0 Å². The summed E-state index contributed by atoms with van der Waals surface area (Å²) in [6.45, 7) is 7.55. The van der Waals surface area contributed by atoms with E-state index in [0.717, 1.165) is 54.6 Å². The standard InChI is InChI=1S/C27H31N5O2/c1-4-6-19(7-5-2)25-29-15-24-26(33)30-22-13-21(17(3)12-23(22)32(24)25)27(34)31-11-9-18-8-10-28-14-20(18)16-31/h8,10,12-15,19H,4-7,9,11,16H2,1-3H3,(H,30,33). The Morgan fingerprint density at radius 3 is 2.68 bits per heavy atom. The van der Waals surface area contributed by atoms with E-state index in [1.54, 1.807) is 12.4 Å². The molecule has 0 saturated heterocycles. The van der Waals surface area contributed by atoms with E-state index in [2.05, 4.69) is 28.8 Å². The second-order valence-electron chi connectivity index (χ2n) is 9.37. The highest BCUT2D eigenvalue weighted by Gasteiger charge is 2.25. The lowest BCUT2D eigenvalue weighted by atomic mass is 9.97. The Bertz CT molecular complexity index is 1430. The summed E-state index contributed by atoms with van der Waals surface area (Å²) in [6, 6.07) is 5.89. The molecule has 4 heterocycles. The third-order valence-corrected chi connectivity index (χ3v) is 7.03. The molecule has 176 valence electrons. The first-order chi connectivity index (χ1) is 16.5. The monoisotopic (exact) mass is 457 g/mol. The predicted molar refractivity (Wildman–Crippen MR) is 133 cm³/mol. The molecule has 0 saturated carbocycles. The van der Waals surface area contributed by atoms with Crippen LogP contribution in [0.25, 0.3) is 16.6 Å². The Hall–Kier alpha value is -3.48. The molecule has 1 aliphatic heterocycles. The zero-order valence-corrected chi connectivity index (χ0v) is 20.1. The smallest absolute Gasteiger partial charge is 0.274 e. The minimum atomic E-state index is -0.182. The van der Waals surface area contributed by atoms with Gasteiger partial charge >= 0.3 is 0 Å². The summed E-state index contributed by atoms with van der Waals surface area (Å²) in [4.78, 5) is 40.2. The first kappa shape index (κ1) is 22.3. The van der Waals surface area contributed by atoms with Crippen LogP contribution < -0.4 is 5.56 Å². The summed E-state index contributed by atoms with van der Waals surface area (Å²) in [6.07, 6.45) is 10.3. The number of carbonyl (C=O) groups excluding carboxylic acids is 1. The number of fused-ring (bicyclic) bond motifs is 4. The van der Waals surface area contributed by atoms with Gasteiger partial charge in [0.05, 0.1) is 17.2 Å². The van der Waals surface area contributed by atoms with Gasteiger partial charge in [-0.15, -0.1) is 0 Å². The van der Waals surface area contributed by atoms with Crippen LogP contribution in [0.3, 0.4) is 0 Å². The number of aromatic amines is 1. The van der Waals surface area contributed by atoms with E-state index in [-0.39, 0.29) is 11.5 Å². The van der Waals surface area contributed by atoms with Crippen molar-refractivity contribution >= 4 is 22.5 Å². The summed E-state index contributed by atoms with van der Waals surface area (Å²) < 4.78 is 2.01. The Morgan fingerprint density at radius 1 is 1.12 bits per heavy atom. The molecular formula is C27H31N5O2. The quantitative estimate of drug-likeness (QED) is 0.452. The van der Waals surface area contributed by atoms with Crippen molar-refractivity contribution in [2.24, 2.45) is 0 Å². The van der Waals surface area contributed by atoms with Crippen LogP contribution in [0.5, 0.6) is 0 Å². The van der Waals surface area contributed by atoms with Crippen molar-refractivity contribution in [2.45, 2.75) is 65.3 Å². The summed E-state index contributed by atoms with van der Waals surface area (Å²) in [5.41, 5.74) is 5.79. The molecule has 1 aromatic carbocycles. The number of hydrogen-bond acceptors (Lipinski definition) is 4. The lowest BCUT2D eigenvalue weighted by molar-refractivity contribution is 0.0734. The molecule has 7 heteroatoms. The van der Waals surface area contributed by atoms with Gasteiger partial charge in [-0.1, -0.05) is 26.7 Å². The Kier molecular flexibility index (Phi) is 5.94. The number of benzene rings is 1. The van der Waals surface area contributed by atoms with Crippen molar-refractivity contribution < 1.29 is 4.79 Å². The number of rotatable bonds is 6. The Morgan fingerprint density at radius 2 is 1.91 bits per heavy atom. The molecule has 0 spiro atoms. The van der Waals surface area contributed by atoms with Crippen LogP contribution in [0.1, 0.15) is 78.3 Å². The molecule has 0 radical (unpaired) electrons. The maximum atomic E-state index is 13.5. The summed E-state index contributed by atoms with van der Waals surface area (Å²) in [5, 5.41) is 0. The van der Waals surface area contributed by atoms with Crippen LogP contribution in [0, 0.1) is 6.92 Å². The third kappa shape index (κ3) is 3.79. The second-order valence-corrected chi connectivity index (χ2v) is 9.37. The van der Waals surface area contributed by atoms with Gasteiger partial charge in [0.25, 0.3) is 11.5 Å². The number of nitrogens with zero attached hydrogens (tertiary/aromatic N) is 4. The van der Waals surface area contributed by atoms with Crippen molar-refractivity contribution in [3.63, 3.8) is 0 Å². The van der Waals surface area contributed by atoms with E-state index < -0.39 is 0 Å². The van der Waals surface area contributed by atoms with E-state index in [4.69, 9.17) is 0 Å². The maximum Gasteiger partial charge on any atom is 0.274 e. The van der Waals surface area contributed by atoms with Crippen molar-refractivity contribution in [1.29, 1.82) is 0 Å². The number of H-pyrrole nitrogens is 1. The van der Waals surface area contributed by atoms with E-state index in [1.165, 1.54) is 5.56 Å². The molecule has 7 nitrogen and oxygen atoms in total. The third-order valence-electron chi connectivity index (χ3n) is 7.03. The number of pyridine rings is 1. The highest BCUT2D eigenvalue weighted by Crippen LogP contribution is 2.29. The molecule has 1 amide bonds. The zero-order valence-electron chi connectivity index (χ0n) is 20.1. The highest BCUT2D eigenvalue weighted by molar-refractivity contribution is 5.99. The molecule has 0 bridgehead atoms. The number of hydrogen-bond donors (Lipinski definition) is 1. The first-order valence-corrected chi connectivity index (χ1v) is 12.3. The van der Waals surface area contributed by atoms with Gasteiger partial charge in [0.1, 0.15) is 11.3 Å². The molecule has 0 unspecified atom stereocenters. The molecule has 0 aliphatic carbocycles. The number of imidazole rings is 1. The van der Waals surface area contributed by atoms with Crippen LogP contribution in [-0.2, 0) is 13.0 Å². The summed E-state index contributed by atoms with van der Waals surface area (Å²) in [5.74, 6) is 1.22. The predicted octanol–water partition coefficient (Wildman–Crippen LogP) is 4.76. The topological polar surface area (TPSA) is 83.4 Å². The molecule has 4 aromatic rings. The Balaban J connectivity index is 1.59. The number of aryl methyl sites for hydroxylation is 1. The van der Waals surface area contributed by atoms with E-state index in [9.17, 15) is 9.59 Å². The molecule has 3 aromatic heterocycles. The summed E-state index contributed by atoms with van der Waals surface area (Å²) >= 11 is 0. The number of carbonyl (C=O) groups is 1. The van der Waals surface area contributed by atoms with Crippen LogP contribution >= 0.6 is 0 Å². The van der Waals surface area contributed by atoms with E-state index >= 15 is 0 Å². The normalized spacial score (nSPS) is 13.7. The lowest BCUT2D eigenvalue weighted by Crippen LogP contribution is -2.36. The van der Waals surface area contributed by atoms with Crippen LogP contribution in [0.2, 0.25) is 0 Å². The van der Waals surface area contributed by atoms with E-state index in [1.807, 2.05) is 40.6 Å². The van der Waals surface area contributed by atoms with Gasteiger partial charge in [-0.3, -0.25) is 19.0 Å². The number of aromatic nitrogens is 4. The van der Waals surface area contributed by atoms with Crippen LogP contribution in [-0.4, -0.2) is 36.7 Å². The SMILES string of the molecule is CCCC(CCC)c1ncc2c(=O)[nH]c3cc(C(=O)N4CCc5ccncc5C4)c(C)cc3n12. The van der Waals surface area contributed by atoms with Gasteiger partial charge in [0.15, 0.2) is 0 Å². The van der Waals surface area contributed by atoms with Crippen molar-refractivity contribution in [2.75, 3.05) is 6.54 Å². The van der Waals surface area contributed by atoms with E-state index in [0.29, 0.717) is 35.6 Å². The fraction of sp³-hybridized carbons (Fsp3) is 0.407. The lowest BCUT2D eigenvalue weighted by Gasteiger charge is -2.29. The van der Waals surface area contributed by atoms with Crippen molar-refractivity contribution in [3.05, 3.63) is 75.2 Å². The molecule has 0 atom stereocenters. The van der Waals surface area contributed by atoms with Crippen molar-refractivity contribution in [3.8, 4) is 0 Å².